The van der Waals surface area contributed by atoms with Crippen LogP contribution in [0.15, 0.2) is 152 Å². The van der Waals surface area contributed by atoms with Gasteiger partial charge < -0.3 is 0 Å². The summed E-state index contributed by atoms with van der Waals surface area (Å²) in [5.41, 5.74) is 22.9. The fraction of sp³-hybridized carbons (Fsp3) is 0.176. The summed E-state index contributed by atoms with van der Waals surface area (Å²) in [6.45, 7) is 14.0. The number of aryl methyl sites for hydroxylation is 2. The van der Waals surface area contributed by atoms with Crippen LogP contribution < -0.4 is 0 Å². The first kappa shape index (κ1) is 31.5. The second-order valence-corrected chi connectivity index (χ2v) is 15.9. The van der Waals surface area contributed by atoms with Gasteiger partial charge in [-0.15, -0.1) is 0 Å². The average molecular weight is 657 g/mol. The molecule has 7 aromatic rings. The van der Waals surface area contributed by atoms with Gasteiger partial charge in [0, 0.05) is 16.7 Å². The van der Waals surface area contributed by atoms with E-state index in [0.717, 1.165) is 0 Å². The molecule has 9 rings (SSSR count). The molecule has 7 aromatic carbocycles. The third-order valence-electron chi connectivity index (χ3n) is 12.0. The Bertz CT molecular complexity index is 2460. The maximum absolute atomic E-state index is 2.49. The predicted molar refractivity (Wildman–Crippen MR) is 216 cm³/mol. The van der Waals surface area contributed by atoms with Crippen molar-refractivity contribution in [2.24, 2.45) is 0 Å². The first-order chi connectivity index (χ1) is 24.6. The first-order valence-electron chi connectivity index (χ1n) is 18.4. The molecule has 51 heavy (non-hydrogen) atoms. The van der Waals surface area contributed by atoms with Crippen LogP contribution in [-0.2, 0) is 10.8 Å². The van der Waals surface area contributed by atoms with Crippen molar-refractivity contribution in [2.45, 2.75) is 58.3 Å². The minimum atomic E-state index is -0.0536. The molecule has 0 N–H and O–H groups in total. The van der Waals surface area contributed by atoms with Crippen molar-refractivity contribution in [3.8, 4) is 44.5 Å². The van der Waals surface area contributed by atoms with E-state index < -0.39 is 0 Å². The number of fused-ring (bicyclic) bond motifs is 6. The zero-order valence-electron chi connectivity index (χ0n) is 30.5. The molecule has 0 aliphatic heterocycles. The molecule has 2 aliphatic rings. The molecule has 2 aliphatic carbocycles. The summed E-state index contributed by atoms with van der Waals surface area (Å²) < 4.78 is 0. The topological polar surface area (TPSA) is 0 Å². The second kappa shape index (κ2) is 11.5. The summed E-state index contributed by atoms with van der Waals surface area (Å²) in [5.74, 6) is 0.0973. The number of hydrogen-bond acceptors (Lipinski definition) is 0. The van der Waals surface area contributed by atoms with Gasteiger partial charge in [0.1, 0.15) is 0 Å². The number of benzene rings is 7. The van der Waals surface area contributed by atoms with E-state index in [1.807, 2.05) is 0 Å². The molecule has 0 spiro atoms. The Hall–Kier alpha value is -5.46. The average Bonchev–Trinajstić information content (AvgIpc) is 3.52. The quantitative estimate of drug-likeness (QED) is 0.162. The summed E-state index contributed by atoms with van der Waals surface area (Å²) in [4.78, 5) is 0. The molecular weight excluding hydrogens is 613 g/mol. The van der Waals surface area contributed by atoms with E-state index in [4.69, 9.17) is 0 Å². The van der Waals surface area contributed by atoms with Gasteiger partial charge in [0.05, 0.1) is 0 Å². The fourth-order valence-corrected chi connectivity index (χ4v) is 9.57. The molecule has 0 amide bonds. The van der Waals surface area contributed by atoms with Gasteiger partial charge in [0.15, 0.2) is 0 Å². The zero-order chi connectivity index (χ0) is 35.1. The van der Waals surface area contributed by atoms with Crippen molar-refractivity contribution >= 4 is 0 Å². The van der Waals surface area contributed by atoms with Crippen molar-refractivity contribution in [1.29, 1.82) is 0 Å². The molecule has 0 radical (unpaired) electrons. The van der Waals surface area contributed by atoms with Gasteiger partial charge in [-0.3, -0.25) is 0 Å². The lowest BCUT2D eigenvalue weighted by molar-refractivity contribution is 0.655. The Morgan fingerprint density at radius 1 is 0.392 bits per heavy atom. The molecule has 0 fully saturated rings. The second-order valence-electron chi connectivity index (χ2n) is 15.9. The lowest BCUT2D eigenvalue weighted by Crippen LogP contribution is -2.16. The van der Waals surface area contributed by atoms with Gasteiger partial charge >= 0.3 is 0 Å². The van der Waals surface area contributed by atoms with Gasteiger partial charge in [-0.05, 0) is 103 Å². The standard InChI is InChI=1S/C51H44/c1-32-29-33(2)49-43(30-32)48-40(16-12-18-45(48)51(49,5)6)36-21-25-38(26-22-36)47(37-23-19-35(20-24-37)34-13-8-7-9-14-34)39-27-28-42-41-15-10-11-17-44(41)50(3,4)46(42)31-39/h7-31,47H,1-6H3. The summed E-state index contributed by atoms with van der Waals surface area (Å²) in [6, 6.07) is 57.2. The number of hydrogen-bond donors (Lipinski definition) is 0. The van der Waals surface area contributed by atoms with E-state index in [1.165, 1.54) is 94.6 Å². The lowest BCUT2D eigenvalue weighted by atomic mass is 9.78. The first-order valence-corrected chi connectivity index (χ1v) is 18.4. The largest absolute Gasteiger partial charge is 0.0622 e. The van der Waals surface area contributed by atoms with Crippen LogP contribution in [-0.4, -0.2) is 0 Å². The molecule has 1 atom stereocenters. The molecule has 0 saturated carbocycles. The van der Waals surface area contributed by atoms with Gasteiger partial charge in [-0.1, -0.05) is 185 Å². The molecule has 0 saturated heterocycles. The third-order valence-corrected chi connectivity index (χ3v) is 12.0. The highest BCUT2D eigenvalue weighted by atomic mass is 14.4. The number of rotatable bonds is 5. The van der Waals surface area contributed by atoms with Crippen LogP contribution >= 0.6 is 0 Å². The molecule has 0 heteroatoms. The van der Waals surface area contributed by atoms with Gasteiger partial charge in [-0.25, -0.2) is 0 Å². The van der Waals surface area contributed by atoms with Crippen LogP contribution in [0.4, 0.5) is 0 Å². The highest BCUT2D eigenvalue weighted by Gasteiger charge is 2.39. The molecule has 1 unspecified atom stereocenters. The predicted octanol–water partition coefficient (Wildman–Crippen LogP) is 13.4. The molecule has 0 heterocycles. The van der Waals surface area contributed by atoms with E-state index in [2.05, 4.69) is 193 Å². The van der Waals surface area contributed by atoms with Crippen molar-refractivity contribution < 1.29 is 0 Å². The summed E-state index contributed by atoms with van der Waals surface area (Å²) in [6.07, 6.45) is 0. The molecule has 0 aromatic heterocycles. The minimum absolute atomic E-state index is 0.0313. The van der Waals surface area contributed by atoms with E-state index in [0.29, 0.717) is 0 Å². The maximum atomic E-state index is 2.49. The van der Waals surface area contributed by atoms with Crippen molar-refractivity contribution in [1.82, 2.24) is 0 Å². The SMILES string of the molecule is Cc1cc(C)c2c(c1)-c1c(-c3ccc(C(c4ccc(-c5ccccc5)cc4)c4ccc5c(c4)C(C)(C)c4ccccc4-5)cc3)cccc1C2(C)C. The van der Waals surface area contributed by atoms with Gasteiger partial charge in [0.2, 0.25) is 0 Å². The van der Waals surface area contributed by atoms with Crippen LogP contribution in [0.3, 0.4) is 0 Å². The highest BCUT2D eigenvalue weighted by molar-refractivity contribution is 5.93. The van der Waals surface area contributed by atoms with Crippen LogP contribution in [0, 0.1) is 13.8 Å². The molecule has 0 bridgehead atoms. The Kier molecular flexibility index (Phi) is 7.13. The normalized spacial score (nSPS) is 15.1. The smallest absolute Gasteiger partial charge is 0.0340 e. The van der Waals surface area contributed by atoms with E-state index in [9.17, 15) is 0 Å². The Morgan fingerprint density at radius 3 is 1.69 bits per heavy atom. The Labute approximate surface area is 303 Å². The zero-order valence-corrected chi connectivity index (χ0v) is 30.5. The van der Waals surface area contributed by atoms with E-state index in [-0.39, 0.29) is 16.7 Å². The Morgan fingerprint density at radius 2 is 0.961 bits per heavy atom. The fourth-order valence-electron chi connectivity index (χ4n) is 9.57. The van der Waals surface area contributed by atoms with Crippen molar-refractivity contribution in [3.05, 3.63) is 202 Å². The Balaban J connectivity index is 1.17. The van der Waals surface area contributed by atoms with Crippen LogP contribution in [0.5, 0.6) is 0 Å². The highest BCUT2D eigenvalue weighted by Crippen LogP contribution is 2.54. The minimum Gasteiger partial charge on any atom is -0.0622 e. The van der Waals surface area contributed by atoms with Crippen molar-refractivity contribution in [3.63, 3.8) is 0 Å². The monoisotopic (exact) mass is 656 g/mol. The summed E-state index contributed by atoms with van der Waals surface area (Å²) in [5, 5.41) is 0. The maximum Gasteiger partial charge on any atom is 0.0340 e. The molecule has 248 valence electrons. The van der Waals surface area contributed by atoms with E-state index >= 15 is 0 Å². The molecule has 0 nitrogen and oxygen atoms in total. The van der Waals surface area contributed by atoms with Gasteiger partial charge in [-0.2, -0.15) is 0 Å². The molecular formula is C51H44. The van der Waals surface area contributed by atoms with Crippen LogP contribution in [0.1, 0.15) is 83.7 Å². The lowest BCUT2D eigenvalue weighted by Gasteiger charge is -2.25. The third kappa shape index (κ3) is 4.88. The summed E-state index contributed by atoms with van der Waals surface area (Å²) in [7, 11) is 0. The van der Waals surface area contributed by atoms with Crippen LogP contribution in [0.2, 0.25) is 0 Å². The van der Waals surface area contributed by atoms with Gasteiger partial charge in [0.25, 0.3) is 0 Å². The summed E-state index contributed by atoms with van der Waals surface area (Å²) >= 11 is 0. The van der Waals surface area contributed by atoms with E-state index in [1.54, 1.807) is 0 Å². The van der Waals surface area contributed by atoms with Crippen LogP contribution in [0.25, 0.3) is 44.5 Å². The van der Waals surface area contributed by atoms with Crippen molar-refractivity contribution in [2.75, 3.05) is 0 Å².